The van der Waals surface area contributed by atoms with Crippen molar-refractivity contribution in [3.8, 4) is 0 Å². The number of carbonyl (C=O) groups is 2. The number of carbonyl (C=O) groups excluding carboxylic acids is 1. The lowest BCUT2D eigenvalue weighted by Crippen LogP contribution is -2.01. The van der Waals surface area contributed by atoms with Crippen molar-refractivity contribution in [2.24, 2.45) is 10.2 Å². The van der Waals surface area contributed by atoms with Crippen LogP contribution in [0.3, 0.4) is 0 Å². The average Bonchev–Trinajstić information content (AvgIpc) is 2.10. The van der Waals surface area contributed by atoms with Gasteiger partial charge in [-0.05, 0) is 0 Å². The number of esters is 1. The molecule has 6 nitrogen and oxygen atoms in total. The van der Waals surface area contributed by atoms with E-state index < -0.39 is 5.97 Å². The Bertz CT molecular complexity index is 203. The topological polar surface area (TPSA) is 88.3 Å². The van der Waals surface area contributed by atoms with Gasteiger partial charge in [0.15, 0.2) is 0 Å². The minimum Gasteiger partial charge on any atom is -0.481 e. The van der Waals surface area contributed by atoms with Gasteiger partial charge in [0.05, 0.1) is 33.0 Å². The van der Waals surface area contributed by atoms with Crippen molar-refractivity contribution in [3.63, 3.8) is 0 Å². The highest BCUT2D eigenvalue weighted by atomic mass is 16.5. The molecule has 0 bridgehead atoms. The molecular weight excluding hydrogens is 176 g/mol. The summed E-state index contributed by atoms with van der Waals surface area (Å²) in [5.74, 6) is -1.26. The van der Waals surface area contributed by atoms with Gasteiger partial charge in [-0.15, -0.1) is 0 Å². The first-order valence-electron chi connectivity index (χ1n) is 3.78. The average molecular weight is 188 g/mol. The van der Waals surface area contributed by atoms with Crippen molar-refractivity contribution in [3.05, 3.63) is 0 Å². The molecule has 0 aromatic heterocycles. The van der Waals surface area contributed by atoms with E-state index in [1.165, 1.54) is 7.11 Å². The molecule has 0 rings (SSSR count). The van der Waals surface area contributed by atoms with Gasteiger partial charge in [0, 0.05) is 0 Å². The van der Waals surface area contributed by atoms with Gasteiger partial charge in [0.1, 0.15) is 0 Å². The van der Waals surface area contributed by atoms with Crippen molar-refractivity contribution in [2.75, 3.05) is 20.2 Å². The third-order valence-corrected chi connectivity index (χ3v) is 1.17. The summed E-state index contributed by atoms with van der Waals surface area (Å²) >= 11 is 0. The summed E-state index contributed by atoms with van der Waals surface area (Å²) in [6.07, 6.45) is 0.134. The number of azo groups is 1. The van der Waals surface area contributed by atoms with Crippen LogP contribution in [0.2, 0.25) is 0 Å². The zero-order valence-electron chi connectivity index (χ0n) is 7.39. The molecule has 13 heavy (non-hydrogen) atoms. The van der Waals surface area contributed by atoms with E-state index in [1.807, 2.05) is 0 Å². The second-order valence-electron chi connectivity index (χ2n) is 2.20. The molecule has 0 aliphatic rings. The molecule has 0 aromatic rings. The minimum absolute atomic E-state index is 0.0400. The molecule has 0 unspecified atom stereocenters. The van der Waals surface area contributed by atoms with E-state index >= 15 is 0 Å². The maximum Gasteiger partial charge on any atom is 0.307 e. The van der Waals surface area contributed by atoms with Gasteiger partial charge in [-0.2, -0.15) is 10.2 Å². The van der Waals surface area contributed by atoms with Crippen LogP contribution >= 0.6 is 0 Å². The summed E-state index contributed by atoms with van der Waals surface area (Å²) in [5.41, 5.74) is 0. The largest absolute Gasteiger partial charge is 0.481 e. The molecule has 6 heteroatoms. The molecule has 0 radical (unpaired) electrons. The molecule has 0 aliphatic carbocycles. The van der Waals surface area contributed by atoms with Crippen LogP contribution < -0.4 is 0 Å². The number of carboxylic acid groups (broad SMARTS) is 1. The molecule has 0 heterocycles. The van der Waals surface area contributed by atoms with E-state index in [0.717, 1.165) is 0 Å². The van der Waals surface area contributed by atoms with Crippen LogP contribution in [-0.2, 0) is 14.3 Å². The smallest absolute Gasteiger partial charge is 0.307 e. The molecule has 74 valence electrons. The standard InChI is InChI=1S/C7H12N2O4/c1-13-7(12)3-5-9-8-4-2-6(10)11/h2-5H2,1H3,(H,10,11). The van der Waals surface area contributed by atoms with E-state index in [2.05, 4.69) is 15.0 Å². The number of rotatable bonds is 6. The Morgan fingerprint density at radius 1 is 1.23 bits per heavy atom. The number of ether oxygens (including phenoxy) is 1. The lowest BCUT2D eigenvalue weighted by molar-refractivity contribution is -0.140. The summed E-state index contributed by atoms with van der Waals surface area (Å²) in [6, 6.07) is 0. The van der Waals surface area contributed by atoms with Crippen LogP contribution in [0.4, 0.5) is 0 Å². The predicted molar refractivity (Wildman–Crippen MR) is 43.5 cm³/mol. The Balaban J connectivity index is 3.31. The Morgan fingerprint density at radius 2 is 1.77 bits per heavy atom. The van der Waals surface area contributed by atoms with Gasteiger partial charge in [0.25, 0.3) is 0 Å². The zero-order valence-corrected chi connectivity index (χ0v) is 7.39. The Labute approximate surface area is 75.6 Å². The van der Waals surface area contributed by atoms with Crippen LogP contribution in [0.25, 0.3) is 0 Å². The molecule has 0 fully saturated rings. The van der Waals surface area contributed by atoms with Crippen molar-refractivity contribution < 1.29 is 19.4 Å². The molecule has 0 saturated heterocycles. The summed E-state index contributed by atoms with van der Waals surface area (Å²) in [7, 11) is 1.30. The van der Waals surface area contributed by atoms with E-state index in [4.69, 9.17) is 5.11 Å². The Hall–Kier alpha value is -1.46. The highest BCUT2D eigenvalue weighted by molar-refractivity contribution is 5.69. The lowest BCUT2D eigenvalue weighted by Gasteiger charge is -1.93. The molecule has 0 spiro atoms. The summed E-state index contributed by atoms with van der Waals surface area (Å²) in [5, 5.41) is 15.4. The highest BCUT2D eigenvalue weighted by Crippen LogP contribution is 1.88. The SMILES string of the molecule is COC(=O)CCN=NCCC(=O)O. The Morgan fingerprint density at radius 3 is 2.23 bits per heavy atom. The maximum absolute atomic E-state index is 10.5. The maximum atomic E-state index is 10.5. The zero-order chi connectivity index (χ0) is 10.1. The second kappa shape index (κ2) is 7.20. The molecule has 0 saturated carbocycles. The third-order valence-electron chi connectivity index (χ3n) is 1.17. The van der Waals surface area contributed by atoms with Crippen molar-refractivity contribution in [2.45, 2.75) is 12.8 Å². The first kappa shape index (κ1) is 11.5. The number of hydrogen-bond acceptors (Lipinski definition) is 5. The van der Waals surface area contributed by atoms with Crippen molar-refractivity contribution in [1.29, 1.82) is 0 Å². The fourth-order valence-electron chi connectivity index (χ4n) is 0.530. The van der Waals surface area contributed by atoms with Crippen LogP contribution in [0, 0.1) is 0 Å². The molecule has 0 atom stereocenters. The summed E-state index contributed by atoms with van der Waals surface area (Å²) < 4.78 is 4.36. The van der Waals surface area contributed by atoms with Gasteiger partial charge in [-0.25, -0.2) is 0 Å². The monoisotopic (exact) mass is 188 g/mol. The van der Waals surface area contributed by atoms with Crippen LogP contribution in [0.1, 0.15) is 12.8 Å². The molecule has 1 N–H and O–H groups in total. The van der Waals surface area contributed by atoms with Crippen LogP contribution in [0.15, 0.2) is 10.2 Å². The number of aliphatic carboxylic acids is 1. The van der Waals surface area contributed by atoms with Gasteiger partial charge in [-0.1, -0.05) is 0 Å². The van der Waals surface area contributed by atoms with Crippen LogP contribution in [-0.4, -0.2) is 37.2 Å². The van der Waals surface area contributed by atoms with Crippen LogP contribution in [0.5, 0.6) is 0 Å². The van der Waals surface area contributed by atoms with E-state index in [1.54, 1.807) is 0 Å². The highest BCUT2D eigenvalue weighted by Gasteiger charge is 1.97. The van der Waals surface area contributed by atoms with E-state index in [9.17, 15) is 9.59 Å². The van der Waals surface area contributed by atoms with Gasteiger partial charge >= 0.3 is 11.9 Å². The predicted octanol–water partition coefficient (Wildman–Crippen LogP) is 0.476. The van der Waals surface area contributed by atoms with Crippen molar-refractivity contribution >= 4 is 11.9 Å². The normalized spacial score (nSPS) is 10.2. The van der Waals surface area contributed by atoms with Gasteiger partial charge in [-0.3, -0.25) is 9.59 Å². The fraction of sp³-hybridized carbons (Fsp3) is 0.714. The Kier molecular flexibility index (Phi) is 6.39. The van der Waals surface area contributed by atoms with E-state index in [-0.39, 0.29) is 31.9 Å². The first-order valence-corrected chi connectivity index (χ1v) is 3.78. The number of nitrogens with zero attached hydrogens (tertiary/aromatic N) is 2. The van der Waals surface area contributed by atoms with Crippen molar-refractivity contribution in [1.82, 2.24) is 0 Å². The van der Waals surface area contributed by atoms with E-state index in [0.29, 0.717) is 0 Å². The van der Waals surface area contributed by atoms with Gasteiger partial charge in [0.2, 0.25) is 0 Å². The van der Waals surface area contributed by atoms with Gasteiger partial charge < -0.3 is 9.84 Å². The first-order chi connectivity index (χ1) is 6.16. The number of hydrogen-bond donors (Lipinski definition) is 1. The number of methoxy groups -OCH3 is 1. The molecule has 0 aliphatic heterocycles. The quantitative estimate of drug-likeness (QED) is 0.485. The molecule has 0 amide bonds. The summed E-state index contributed by atoms with van der Waals surface area (Å²) in [4.78, 5) is 20.5. The fourth-order valence-corrected chi connectivity index (χ4v) is 0.530. The third kappa shape index (κ3) is 8.45. The lowest BCUT2D eigenvalue weighted by atomic mass is 10.4. The number of carboxylic acids is 1. The molecular formula is C7H12N2O4. The molecule has 0 aromatic carbocycles. The second-order valence-corrected chi connectivity index (χ2v) is 2.20. The minimum atomic E-state index is -0.910. The summed E-state index contributed by atoms with van der Waals surface area (Å²) in [6.45, 7) is 0.392.